The molecule has 1 aromatic rings. The minimum Gasteiger partial charge on any atom is -0.357 e. The Bertz CT molecular complexity index is 589. The lowest BCUT2D eigenvalue weighted by Gasteiger charge is -2.13. The molecule has 0 unspecified atom stereocenters. The molecule has 1 heterocycles. The van der Waals surface area contributed by atoms with Gasteiger partial charge < -0.3 is 16.0 Å². The van der Waals surface area contributed by atoms with Crippen LogP contribution < -0.4 is 16.0 Å². The second-order valence-corrected chi connectivity index (χ2v) is 6.04. The zero-order chi connectivity index (χ0) is 17.7. The summed E-state index contributed by atoms with van der Waals surface area (Å²) in [4.78, 5) is 20.5. The van der Waals surface area contributed by atoms with Crippen LogP contribution in [0.1, 0.15) is 49.4 Å². The topological polar surface area (TPSA) is 78.4 Å². The second kappa shape index (κ2) is 13.5. The summed E-state index contributed by atoms with van der Waals surface area (Å²) in [6, 6.07) is 3.51. The lowest BCUT2D eigenvalue weighted by Crippen LogP contribution is -2.41. The quantitative estimate of drug-likeness (QED) is 0.179. The number of allylic oxidation sites excluding steroid dienone is 1. The van der Waals surface area contributed by atoms with Crippen molar-refractivity contribution in [1.82, 2.24) is 20.9 Å². The van der Waals surface area contributed by atoms with E-state index in [0.29, 0.717) is 18.7 Å². The highest BCUT2D eigenvalue weighted by atomic mass is 127. The Labute approximate surface area is 173 Å². The molecule has 0 atom stereocenters. The van der Waals surface area contributed by atoms with Gasteiger partial charge >= 0.3 is 0 Å². The summed E-state index contributed by atoms with van der Waals surface area (Å²) >= 11 is 0. The van der Waals surface area contributed by atoms with Gasteiger partial charge in [0, 0.05) is 38.6 Å². The van der Waals surface area contributed by atoms with Gasteiger partial charge in [-0.3, -0.25) is 14.8 Å². The number of rotatable bonds is 8. The van der Waals surface area contributed by atoms with E-state index in [1.54, 1.807) is 24.5 Å². The van der Waals surface area contributed by atoms with Gasteiger partial charge in [0.25, 0.3) is 5.91 Å². The molecule has 6 nitrogen and oxygen atoms in total. The third-order valence-electron chi connectivity index (χ3n) is 4.06. The highest BCUT2D eigenvalue weighted by molar-refractivity contribution is 14.0. The third-order valence-corrected chi connectivity index (χ3v) is 4.06. The van der Waals surface area contributed by atoms with Crippen LogP contribution in [0, 0.1) is 0 Å². The predicted molar refractivity (Wildman–Crippen MR) is 117 cm³/mol. The Balaban J connectivity index is 0.00000338. The summed E-state index contributed by atoms with van der Waals surface area (Å²) in [5, 5.41) is 9.36. The molecule has 0 saturated carbocycles. The molecule has 7 heteroatoms. The third kappa shape index (κ3) is 8.64. The van der Waals surface area contributed by atoms with Crippen LogP contribution in [-0.4, -0.2) is 43.0 Å². The van der Waals surface area contributed by atoms with E-state index < -0.39 is 0 Å². The Morgan fingerprint density at radius 2 is 2.08 bits per heavy atom. The van der Waals surface area contributed by atoms with Gasteiger partial charge in [0.15, 0.2) is 5.96 Å². The van der Waals surface area contributed by atoms with Gasteiger partial charge in [0.2, 0.25) is 0 Å². The van der Waals surface area contributed by atoms with E-state index in [1.807, 2.05) is 6.92 Å². The van der Waals surface area contributed by atoms with E-state index in [0.717, 1.165) is 25.5 Å². The Morgan fingerprint density at radius 1 is 1.23 bits per heavy atom. The van der Waals surface area contributed by atoms with Crippen LogP contribution in [-0.2, 0) is 0 Å². The molecule has 0 saturated heterocycles. The Morgan fingerprint density at radius 3 is 2.77 bits per heavy atom. The van der Waals surface area contributed by atoms with Crippen molar-refractivity contribution in [2.45, 2.75) is 39.0 Å². The molecule has 26 heavy (non-hydrogen) atoms. The maximum Gasteiger partial charge on any atom is 0.252 e. The monoisotopic (exact) mass is 471 g/mol. The highest BCUT2D eigenvalue weighted by Crippen LogP contribution is 2.19. The van der Waals surface area contributed by atoms with Crippen molar-refractivity contribution in [3.63, 3.8) is 0 Å². The molecule has 144 valence electrons. The van der Waals surface area contributed by atoms with Crippen molar-refractivity contribution >= 4 is 35.8 Å². The molecule has 2 rings (SSSR count). The van der Waals surface area contributed by atoms with Crippen molar-refractivity contribution in [2.24, 2.45) is 4.99 Å². The number of amides is 1. The van der Waals surface area contributed by atoms with Crippen LogP contribution in [0.5, 0.6) is 0 Å². The molecule has 3 N–H and O–H groups in total. The number of carbonyl (C=O) groups is 1. The number of aromatic nitrogens is 1. The standard InChI is InChI=1S/C19H29N5O.HI/c1-2-21-19(23-12-10-16-7-4-3-5-8-16)24-14-13-22-18(25)17-9-6-11-20-15-17;/h6-7,9,11,15H,2-5,8,10,12-14H2,1H3,(H,22,25)(H2,21,23,24);1H. The van der Waals surface area contributed by atoms with Gasteiger partial charge in [0.05, 0.1) is 5.56 Å². The van der Waals surface area contributed by atoms with E-state index in [4.69, 9.17) is 0 Å². The summed E-state index contributed by atoms with van der Waals surface area (Å²) in [5.41, 5.74) is 2.11. The van der Waals surface area contributed by atoms with Crippen molar-refractivity contribution in [3.05, 3.63) is 41.7 Å². The number of carbonyl (C=O) groups excluding carboxylic acids is 1. The number of nitrogens with one attached hydrogen (secondary N) is 3. The first-order valence-electron chi connectivity index (χ1n) is 9.18. The number of nitrogens with zero attached hydrogens (tertiary/aromatic N) is 2. The summed E-state index contributed by atoms with van der Waals surface area (Å²) in [6.07, 6.45) is 11.7. The summed E-state index contributed by atoms with van der Waals surface area (Å²) in [7, 11) is 0. The van der Waals surface area contributed by atoms with Crippen LogP contribution >= 0.6 is 24.0 Å². The maximum atomic E-state index is 11.9. The number of hydrogen-bond donors (Lipinski definition) is 3. The van der Waals surface area contributed by atoms with Gasteiger partial charge in [-0.1, -0.05) is 11.6 Å². The van der Waals surface area contributed by atoms with Gasteiger partial charge in [-0.25, -0.2) is 0 Å². The van der Waals surface area contributed by atoms with E-state index in [1.165, 1.54) is 31.3 Å². The molecule has 1 aromatic heterocycles. The van der Waals surface area contributed by atoms with Crippen molar-refractivity contribution in [1.29, 1.82) is 0 Å². The molecule has 0 aliphatic heterocycles. The number of pyridine rings is 1. The minimum absolute atomic E-state index is 0. The molecule has 0 bridgehead atoms. The molecular weight excluding hydrogens is 441 g/mol. The van der Waals surface area contributed by atoms with Crippen LogP contribution in [0.3, 0.4) is 0 Å². The normalized spacial score (nSPS) is 14.0. The predicted octanol–water partition coefficient (Wildman–Crippen LogP) is 2.88. The van der Waals surface area contributed by atoms with Crippen molar-refractivity contribution < 1.29 is 4.79 Å². The zero-order valence-electron chi connectivity index (χ0n) is 15.5. The number of guanidine groups is 1. The van der Waals surface area contributed by atoms with Gasteiger partial charge in [0.1, 0.15) is 0 Å². The second-order valence-electron chi connectivity index (χ2n) is 6.04. The van der Waals surface area contributed by atoms with Crippen LogP contribution in [0.2, 0.25) is 0 Å². The Kier molecular flexibility index (Phi) is 11.7. The zero-order valence-corrected chi connectivity index (χ0v) is 17.8. The number of aliphatic imine (C=N–C) groups is 1. The molecule has 0 fully saturated rings. The van der Waals surface area contributed by atoms with Crippen LogP contribution in [0.4, 0.5) is 0 Å². The lowest BCUT2D eigenvalue weighted by molar-refractivity contribution is 0.0954. The minimum atomic E-state index is -0.110. The molecule has 1 amide bonds. The number of halogens is 1. The fraction of sp³-hybridized carbons (Fsp3) is 0.526. The summed E-state index contributed by atoms with van der Waals surface area (Å²) < 4.78 is 0. The maximum absolute atomic E-state index is 11.9. The first-order valence-corrected chi connectivity index (χ1v) is 9.18. The first kappa shape index (κ1) is 22.4. The highest BCUT2D eigenvalue weighted by Gasteiger charge is 2.05. The molecule has 1 aliphatic rings. The summed E-state index contributed by atoms with van der Waals surface area (Å²) in [5.74, 6) is 0.690. The molecule has 1 aliphatic carbocycles. The average molecular weight is 471 g/mol. The van der Waals surface area contributed by atoms with Crippen LogP contribution in [0.15, 0.2) is 41.2 Å². The van der Waals surface area contributed by atoms with Gasteiger partial charge in [-0.05, 0) is 51.2 Å². The molecule has 0 aromatic carbocycles. The van der Waals surface area contributed by atoms with Gasteiger partial charge in [-0.15, -0.1) is 24.0 Å². The van der Waals surface area contributed by atoms with Crippen molar-refractivity contribution in [2.75, 3.05) is 26.2 Å². The lowest BCUT2D eigenvalue weighted by atomic mass is 9.97. The van der Waals surface area contributed by atoms with Crippen LogP contribution in [0.25, 0.3) is 0 Å². The fourth-order valence-electron chi connectivity index (χ4n) is 2.74. The largest absolute Gasteiger partial charge is 0.357 e. The fourth-order valence-corrected chi connectivity index (χ4v) is 2.74. The van der Waals surface area contributed by atoms with E-state index in [9.17, 15) is 4.79 Å². The van der Waals surface area contributed by atoms with Gasteiger partial charge in [-0.2, -0.15) is 0 Å². The van der Waals surface area contributed by atoms with E-state index in [-0.39, 0.29) is 29.9 Å². The average Bonchev–Trinajstić information content (AvgIpc) is 2.66. The van der Waals surface area contributed by atoms with E-state index >= 15 is 0 Å². The SMILES string of the molecule is CCNC(=NCCC1=CCCCC1)NCCNC(=O)c1cccnc1.I. The smallest absolute Gasteiger partial charge is 0.252 e. The number of hydrogen-bond acceptors (Lipinski definition) is 3. The molecular formula is C19H30IN5O. The molecule has 0 radical (unpaired) electrons. The Hall–Kier alpha value is -1.64. The molecule has 0 spiro atoms. The summed E-state index contributed by atoms with van der Waals surface area (Å²) in [6.45, 7) is 4.81. The first-order chi connectivity index (χ1) is 12.3. The van der Waals surface area contributed by atoms with E-state index in [2.05, 4.69) is 32.0 Å². The van der Waals surface area contributed by atoms with Crippen molar-refractivity contribution in [3.8, 4) is 0 Å².